The van der Waals surface area contributed by atoms with Crippen molar-refractivity contribution in [2.24, 2.45) is 0 Å². The number of cyclic esters (lactones) is 1. The molecule has 3 aromatic carbocycles. The number of fused-ring (bicyclic) bond motifs is 6. The van der Waals surface area contributed by atoms with E-state index in [0.717, 1.165) is 5.56 Å². The molecule has 3 heterocycles. The summed E-state index contributed by atoms with van der Waals surface area (Å²) >= 11 is 0. The molecule has 1 aliphatic heterocycles. The maximum Gasteiger partial charge on any atom is 0.338 e. The smallest absolute Gasteiger partial charge is 0.338 e. The summed E-state index contributed by atoms with van der Waals surface area (Å²) in [4.78, 5) is 52.1. The highest BCUT2D eigenvalue weighted by molar-refractivity contribution is 6.27. The maximum absolute atomic E-state index is 13.6. The van der Waals surface area contributed by atoms with Gasteiger partial charge in [-0.05, 0) is 24.3 Å². The molecule has 0 atom stereocenters. The van der Waals surface area contributed by atoms with Crippen LogP contribution in [0.1, 0.15) is 37.5 Å². The van der Waals surface area contributed by atoms with Gasteiger partial charge in [-0.15, -0.1) is 5.10 Å². The molecule has 0 unspecified atom stereocenters. The topological polar surface area (TPSA) is 132 Å². The Bertz CT molecular complexity index is 2010. The molecular formula is C30H20N4O7. The number of carbonyl (C=O) groups excluding carboxylic acids is 3. The Morgan fingerprint density at radius 3 is 2.63 bits per heavy atom. The predicted octanol–water partition coefficient (Wildman–Crippen LogP) is 3.22. The number of rotatable bonds is 6. The number of carbonyl (C=O) groups is 3. The van der Waals surface area contributed by atoms with E-state index in [2.05, 4.69) is 10.3 Å². The van der Waals surface area contributed by atoms with Crippen LogP contribution in [0.5, 0.6) is 5.75 Å². The number of ether oxygens (including phenoxy) is 3. The van der Waals surface area contributed by atoms with Crippen LogP contribution in [0.2, 0.25) is 0 Å². The minimum absolute atomic E-state index is 0.195. The number of hydrogen-bond donors (Lipinski definition) is 0. The third kappa shape index (κ3) is 3.81. The van der Waals surface area contributed by atoms with E-state index < -0.39 is 24.0 Å². The van der Waals surface area contributed by atoms with Crippen molar-refractivity contribution >= 4 is 28.5 Å². The van der Waals surface area contributed by atoms with Gasteiger partial charge in [0, 0.05) is 21.9 Å². The Labute approximate surface area is 231 Å². The molecule has 41 heavy (non-hydrogen) atoms. The van der Waals surface area contributed by atoms with Crippen LogP contribution in [0.3, 0.4) is 0 Å². The summed E-state index contributed by atoms with van der Waals surface area (Å²) in [5.41, 5.74) is 3.37. The normalized spacial score (nSPS) is 13.1. The van der Waals surface area contributed by atoms with E-state index >= 15 is 0 Å². The Morgan fingerprint density at radius 2 is 1.80 bits per heavy atom. The molecule has 202 valence electrons. The predicted molar refractivity (Wildman–Crippen MR) is 144 cm³/mol. The van der Waals surface area contributed by atoms with Gasteiger partial charge in [-0.25, -0.2) is 9.48 Å². The molecule has 0 N–H and O–H groups in total. The molecular weight excluding hydrogens is 528 g/mol. The fourth-order valence-electron chi connectivity index (χ4n) is 5.38. The number of nitrogens with zero attached hydrogens (tertiary/aromatic N) is 4. The zero-order valence-corrected chi connectivity index (χ0v) is 21.6. The van der Waals surface area contributed by atoms with E-state index in [9.17, 15) is 19.2 Å². The summed E-state index contributed by atoms with van der Waals surface area (Å²) < 4.78 is 18.7. The van der Waals surface area contributed by atoms with Gasteiger partial charge in [0.25, 0.3) is 5.56 Å². The molecule has 11 heteroatoms. The molecule has 0 amide bonds. The van der Waals surface area contributed by atoms with Gasteiger partial charge in [0.2, 0.25) is 0 Å². The van der Waals surface area contributed by atoms with Crippen molar-refractivity contribution in [3.8, 4) is 22.7 Å². The van der Waals surface area contributed by atoms with Crippen LogP contribution in [0.25, 0.3) is 27.7 Å². The Kier molecular flexibility index (Phi) is 5.53. The summed E-state index contributed by atoms with van der Waals surface area (Å²) in [5.74, 6) is -0.975. The van der Waals surface area contributed by atoms with E-state index in [1.807, 2.05) is 0 Å². The summed E-state index contributed by atoms with van der Waals surface area (Å²) in [6.07, 6.45) is 1.58. The van der Waals surface area contributed by atoms with Crippen molar-refractivity contribution in [2.45, 2.75) is 19.8 Å². The quantitative estimate of drug-likeness (QED) is 0.288. The molecule has 0 radical (unpaired) electrons. The summed E-state index contributed by atoms with van der Waals surface area (Å²) in [6, 6.07) is 17.2. The molecule has 7 rings (SSSR count). The van der Waals surface area contributed by atoms with E-state index in [0.29, 0.717) is 55.9 Å². The highest BCUT2D eigenvalue weighted by Gasteiger charge is 2.35. The van der Waals surface area contributed by atoms with Crippen molar-refractivity contribution < 1.29 is 28.6 Å². The highest BCUT2D eigenvalue weighted by atomic mass is 16.5. The van der Waals surface area contributed by atoms with Crippen LogP contribution in [-0.2, 0) is 34.0 Å². The third-order valence-electron chi connectivity index (χ3n) is 7.28. The van der Waals surface area contributed by atoms with Crippen LogP contribution in [-0.4, -0.2) is 44.4 Å². The number of methoxy groups -OCH3 is 1. The largest absolute Gasteiger partial charge is 0.496 e. The molecule has 2 aliphatic rings. The van der Waals surface area contributed by atoms with Crippen molar-refractivity contribution in [3.05, 3.63) is 105 Å². The first-order chi connectivity index (χ1) is 19.9. The molecule has 0 bridgehead atoms. The van der Waals surface area contributed by atoms with E-state index in [-0.39, 0.29) is 19.0 Å². The highest BCUT2D eigenvalue weighted by Crippen LogP contribution is 2.43. The molecule has 0 spiro atoms. The van der Waals surface area contributed by atoms with Crippen molar-refractivity contribution in [3.63, 3.8) is 0 Å². The number of pyridine rings is 1. The fraction of sp³-hybridized carbons (Fsp3) is 0.133. The summed E-state index contributed by atoms with van der Waals surface area (Å²) in [6.45, 7) is -0.375. The number of ketones is 1. The van der Waals surface area contributed by atoms with Crippen LogP contribution in [0.15, 0.2) is 71.7 Å². The number of hydrogen-bond acceptors (Lipinski definition) is 9. The van der Waals surface area contributed by atoms with Crippen molar-refractivity contribution in [1.82, 2.24) is 19.6 Å². The first kappa shape index (κ1) is 24.5. The zero-order chi connectivity index (χ0) is 28.2. The molecule has 0 saturated carbocycles. The molecule has 2 aromatic heterocycles. The lowest BCUT2D eigenvalue weighted by molar-refractivity contribution is -0.145. The fourth-order valence-corrected chi connectivity index (χ4v) is 5.38. The van der Waals surface area contributed by atoms with Gasteiger partial charge in [-0.3, -0.25) is 19.0 Å². The SMILES string of the molecule is COc1cccc2c1C(=O)c1c-2n(CC(=O)OCc2cn(-c3ccc4c(c3)C(=O)OC4)nn2)c(=O)c2ccccc12. The van der Waals surface area contributed by atoms with Crippen LogP contribution in [0, 0.1) is 0 Å². The second-order valence-electron chi connectivity index (χ2n) is 9.61. The van der Waals surface area contributed by atoms with Crippen LogP contribution >= 0.6 is 0 Å². The monoisotopic (exact) mass is 548 g/mol. The first-order valence-corrected chi connectivity index (χ1v) is 12.7. The summed E-state index contributed by atoms with van der Waals surface area (Å²) in [5, 5.41) is 8.95. The van der Waals surface area contributed by atoms with Gasteiger partial charge in [-0.1, -0.05) is 41.6 Å². The van der Waals surface area contributed by atoms with E-state index in [1.165, 1.54) is 16.4 Å². The second kappa shape index (κ2) is 9.26. The molecule has 11 nitrogen and oxygen atoms in total. The van der Waals surface area contributed by atoms with Gasteiger partial charge < -0.3 is 14.2 Å². The molecule has 1 aliphatic carbocycles. The molecule has 0 fully saturated rings. The lowest BCUT2D eigenvalue weighted by Crippen LogP contribution is -2.27. The van der Waals surface area contributed by atoms with Crippen LogP contribution in [0.4, 0.5) is 0 Å². The maximum atomic E-state index is 13.6. The van der Waals surface area contributed by atoms with E-state index in [1.54, 1.807) is 66.9 Å². The first-order valence-electron chi connectivity index (χ1n) is 12.7. The lowest BCUT2D eigenvalue weighted by Gasteiger charge is -2.14. The third-order valence-corrected chi connectivity index (χ3v) is 7.28. The van der Waals surface area contributed by atoms with Gasteiger partial charge in [0.15, 0.2) is 5.78 Å². The molecule has 0 saturated heterocycles. The van der Waals surface area contributed by atoms with Crippen molar-refractivity contribution in [1.29, 1.82) is 0 Å². The standard InChI is InChI=1S/C30H20N4O7/c1-39-23-8-4-7-21-25(23)28(36)26-19-5-2-3-6-20(19)29(37)33(27(21)26)13-24(35)40-15-17-12-34(32-31-17)18-10-9-16-14-41-30(38)22(16)11-18/h2-12H,13-15H2,1H3. The zero-order valence-electron chi connectivity index (χ0n) is 21.6. The van der Waals surface area contributed by atoms with Gasteiger partial charge in [-0.2, -0.15) is 0 Å². The number of esters is 2. The number of benzene rings is 3. The van der Waals surface area contributed by atoms with Gasteiger partial charge in [0.05, 0.1) is 41.4 Å². The van der Waals surface area contributed by atoms with E-state index in [4.69, 9.17) is 14.2 Å². The van der Waals surface area contributed by atoms with Gasteiger partial charge in [0.1, 0.15) is 31.2 Å². The minimum atomic E-state index is -0.691. The second-order valence-corrected chi connectivity index (χ2v) is 9.61. The average Bonchev–Trinajstić information content (AvgIpc) is 3.70. The Morgan fingerprint density at radius 1 is 0.976 bits per heavy atom. The lowest BCUT2D eigenvalue weighted by atomic mass is 10.0. The Balaban J connectivity index is 1.18. The van der Waals surface area contributed by atoms with Crippen LogP contribution < -0.4 is 10.3 Å². The van der Waals surface area contributed by atoms with Crippen molar-refractivity contribution in [2.75, 3.05) is 7.11 Å². The molecule has 5 aromatic rings. The summed E-state index contributed by atoms with van der Waals surface area (Å²) in [7, 11) is 1.48. The number of aromatic nitrogens is 4. The van der Waals surface area contributed by atoms with Gasteiger partial charge >= 0.3 is 11.9 Å². The average molecular weight is 549 g/mol. The minimum Gasteiger partial charge on any atom is -0.496 e. The Hall–Kier alpha value is -5.58.